The SMILES string of the molecule is COCC(NC1CCCN(c2cccnn2)C1)c1ccc(Cl)cc1. The number of nitrogens with zero attached hydrogens (tertiary/aromatic N) is 3. The maximum Gasteiger partial charge on any atom is 0.151 e. The minimum atomic E-state index is 0.152. The Morgan fingerprint density at radius 3 is 2.88 bits per heavy atom. The van der Waals surface area contributed by atoms with Crippen LogP contribution in [0, 0.1) is 0 Å². The zero-order valence-electron chi connectivity index (χ0n) is 13.9. The molecule has 0 amide bonds. The summed E-state index contributed by atoms with van der Waals surface area (Å²) < 4.78 is 5.41. The van der Waals surface area contributed by atoms with Gasteiger partial charge >= 0.3 is 0 Å². The van der Waals surface area contributed by atoms with E-state index >= 15 is 0 Å². The lowest BCUT2D eigenvalue weighted by atomic mass is 10.0. The molecule has 24 heavy (non-hydrogen) atoms. The molecule has 0 saturated carbocycles. The Bertz CT molecular complexity index is 623. The number of aromatic nitrogens is 2. The number of hydrogen-bond acceptors (Lipinski definition) is 5. The van der Waals surface area contributed by atoms with Gasteiger partial charge in [0.25, 0.3) is 0 Å². The topological polar surface area (TPSA) is 50.3 Å². The van der Waals surface area contributed by atoms with Crippen LogP contribution in [-0.4, -0.2) is 43.0 Å². The molecule has 1 saturated heterocycles. The summed E-state index contributed by atoms with van der Waals surface area (Å²) >= 11 is 6.00. The second kappa shape index (κ2) is 8.42. The van der Waals surface area contributed by atoms with Crippen LogP contribution in [0.15, 0.2) is 42.6 Å². The van der Waals surface area contributed by atoms with Crippen molar-refractivity contribution < 1.29 is 4.74 Å². The molecule has 2 heterocycles. The highest BCUT2D eigenvalue weighted by molar-refractivity contribution is 6.30. The van der Waals surface area contributed by atoms with E-state index in [1.165, 1.54) is 5.56 Å². The first-order chi connectivity index (χ1) is 11.8. The van der Waals surface area contributed by atoms with Crippen LogP contribution in [0.2, 0.25) is 5.02 Å². The quantitative estimate of drug-likeness (QED) is 0.871. The van der Waals surface area contributed by atoms with Crippen molar-refractivity contribution in [3.63, 3.8) is 0 Å². The van der Waals surface area contributed by atoms with Crippen molar-refractivity contribution in [1.82, 2.24) is 15.5 Å². The first kappa shape index (κ1) is 17.1. The van der Waals surface area contributed by atoms with Crippen molar-refractivity contribution in [3.05, 3.63) is 53.2 Å². The lowest BCUT2D eigenvalue weighted by Crippen LogP contribution is -2.47. The summed E-state index contributed by atoms with van der Waals surface area (Å²) in [5.41, 5.74) is 1.19. The molecule has 3 rings (SSSR count). The molecule has 6 heteroatoms. The zero-order chi connectivity index (χ0) is 16.8. The smallest absolute Gasteiger partial charge is 0.151 e. The molecule has 1 aliphatic heterocycles. The maximum atomic E-state index is 6.00. The fraction of sp³-hybridized carbons (Fsp3) is 0.444. The molecular formula is C18H23ClN4O. The third kappa shape index (κ3) is 4.44. The van der Waals surface area contributed by atoms with Gasteiger partial charge in [0.05, 0.1) is 12.6 Å². The molecule has 1 aromatic heterocycles. The molecular weight excluding hydrogens is 324 g/mol. The van der Waals surface area contributed by atoms with E-state index in [0.717, 1.165) is 36.8 Å². The van der Waals surface area contributed by atoms with Crippen LogP contribution in [0.1, 0.15) is 24.4 Å². The molecule has 1 aromatic carbocycles. The van der Waals surface area contributed by atoms with Crippen LogP contribution >= 0.6 is 11.6 Å². The van der Waals surface area contributed by atoms with Crippen LogP contribution in [0.25, 0.3) is 0 Å². The normalized spacial score (nSPS) is 19.2. The molecule has 1 aliphatic rings. The molecule has 128 valence electrons. The number of methoxy groups -OCH3 is 1. The van der Waals surface area contributed by atoms with Gasteiger partial charge in [0.15, 0.2) is 5.82 Å². The second-order valence-electron chi connectivity index (χ2n) is 6.09. The van der Waals surface area contributed by atoms with E-state index < -0.39 is 0 Å². The van der Waals surface area contributed by atoms with E-state index in [-0.39, 0.29) is 6.04 Å². The molecule has 2 unspecified atom stereocenters. The summed E-state index contributed by atoms with van der Waals surface area (Å²) in [6.45, 7) is 2.57. The zero-order valence-corrected chi connectivity index (χ0v) is 14.6. The minimum Gasteiger partial charge on any atom is -0.383 e. The maximum absolute atomic E-state index is 6.00. The lowest BCUT2D eigenvalue weighted by molar-refractivity contribution is 0.158. The van der Waals surface area contributed by atoms with Crippen molar-refractivity contribution in [2.75, 3.05) is 31.7 Å². The van der Waals surface area contributed by atoms with Crippen LogP contribution < -0.4 is 10.2 Å². The van der Waals surface area contributed by atoms with Crippen LogP contribution in [0.4, 0.5) is 5.82 Å². The van der Waals surface area contributed by atoms with Gasteiger partial charge in [-0.1, -0.05) is 23.7 Å². The molecule has 2 atom stereocenters. The fourth-order valence-corrected chi connectivity index (χ4v) is 3.30. The van der Waals surface area contributed by atoms with Crippen molar-refractivity contribution >= 4 is 17.4 Å². The van der Waals surface area contributed by atoms with Gasteiger partial charge < -0.3 is 15.0 Å². The Morgan fingerprint density at radius 2 is 2.17 bits per heavy atom. The van der Waals surface area contributed by atoms with Gasteiger partial charge in [-0.2, -0.15) is 5.10 Å². The standard InChI is InChI=1S/C18H23ClN4O/c1-24-13-17(14-6-8-15(19)9-7-14)21-16-4-3-11-23(12-16)18-5-2-10-20-22-18/h2,5-10,16-17,21H,3-4,11-13H2,1H3. The summed E-state index contributed by atoms with van der Waals surface area (Å²) in [5.74, 6) is 0.943. The van der Waals surface area contributed by atoms with E-state index in [2.05, 4.69) is 32.5 Å². The first-order valence-corrected chi connectivity index (χ1v) is 8.67. The molecule has 0 spiro atoms. The predicted octanol–water partition coefficient (Wildman–Crippen LogP) is 3.08. The number of nitrogens with one attached hydrogen (secondary N) is 1. The van der Waals surface area contributed by atoms with E-state index in [1.54, 1.807) is 13.3 Å². The highest BCUT2D eigenvalue weighted by Crippen LogP contribution is 2.21. The number of rotatable bonds is 6. The molecule has 5 nitrogen and oxygen atoms in total. The molecule has 2 aromatic rings. The van der Waals surface area contributed by atoms with Gasteiger partial charge in [0.1, 0.15) is 0 Å². The Kier molecular flexibility index (Phi) is 6.01. The first-order valence-electron chi connectivity index (χ1n) is 8.29. The van der Waals surface area contributed by atoms with Crippen LogP contribution in [0.5, 0.6) is 0 Å². The molecule has 0 bridgehead atoms. The van der Waals surface area contributed by atoms with Gasteiger partial charge in [0, 0.05) is 37.5 Å². The molecule has 1 N–H and O–H groups in total. The van der Waals surface area contributed by atoms with Crippen molar-refractivity contribution in [1.29, 1.82) is 0 Å². The largest absolute Gasteiger partial charge is 0.383 e. The van der Waals surface area contributed by atoms with Gasteiger partial charge in [-0.05, 0) is 42.7 Å². The Hall–Kier alpha value is -1.69. The average Bonchev–Trinajstić information content (AvgIpc) is 2.63. The van der Waals surface area contributed by atoms with Gasteiger partial charge in [-0.15, -0.1) is 5.10 Å². The van der Waals surface area contributed by atoms with E-state index in [1.807, 2.05) is 24.3 Å². The number of hydrogen-bond donors (Lipinski definition) is 1. The number of halogens is 1. The monoisotopic (exact) mass is 346 g/mol. The third-order valence-electron chi connectivity index (χ3n) is 4.35. The number of benzene rings is 1. The number of ether oxygens (including phenoxy) is 1. The van der Waals surface area contributed by atoms with Crippen molar-refractivity contribution in [3.8, 4) is 0 Å². The molecule has 0 radical (unpaired) electrons. The Balaban J connectivity index is 1.67. The second-order valence-corrected chi connectivity index (χ2v) is 6.53. The predicted molar refractivity (Wildman–Crippen MR) is 96.5 cm³/mol. The number of piperidine rings is 1. The lowest BCUT2D eigenvalue weighted by Gasteiger charge is -2.35. The Labute approximate surface area is 148 Å². The van der Waals surface area contributed by atoms with E-state index in [9.17, 15) is 0 Å². The van der Waals surface area contributed by atoms with Gasteiger partial charge in [-0.25, -0.2) is 0 Å². The summed E-state index contributed by atoms with van der Waals surface area (Å²) in [4.78, 5) is 2.29. The van der Waals surface area contributed by atoms with Gasteiger partial charge in [-0.3, -0.25) is 0 Å². The average molecular weight is 347 g/mol. The summed E-state index contributed by atoms with van der Waals surface area (Å²) in [6, 6.07) is 12.4. The van der Waals surface area contributed by atoms with E-state index in [0.29, 0.717) is 12.6 Å². The molecule has 1 fully saturated rings. The van der Waals surface area contributed by atoms with Crippen molar-refractivity contribution in [2.24, 2.45) is 0 Å². The third-order valence-corrected chi connectivity index (χ3v) is 4.60. The fourth-order valence-electron chi connectivity index (χ4n) is 3.17. The van der Waals surface area contributed by atoms with Gasteiger partial charge in [0.2, 0.25) is 0 Å². The highest BCUT2D eigenvalue weighted by atomic mass is 35.5. The number of anilines is 1. The highest BCUT2D eigenvalue weighted by Gasteiger charge is 2.24. The Morgan fingerprint density at radius 1 is 1.33 bits per heavy atom. The summed E-state index contributed by atoms with van der Waals surface area (Å²) in [7, 11) is 1.73. The van der Waals surface area contributed by atoms with Crippen LogP contribution in [0.3, 0.4) is 0 Å². The van der Waals surface area contributed by atoms with Crippen LogP contribution in [-0.2, 0) is 4.74 Å². The van der Waals surface area contributed by atoms with E-state index in [4.69, 9.17) is 16.3 Å². The minimum absolute atomic E-state index is 0.152. The molecule has 0 aliphatic carbocycles. The summed E-state index contributed by atoms with van der Waals surface area (Å²) in [5, 5.41) is 12.7. The van der Waals surface area contributed by atoms with Crippen molar-refractivity contribution in [2.45, 2.75) is 24.9 Å². The summed E-state index contributed by atoms with van der Waals surface area (Å²) in [6.07, 6.45) is 3.98.